The molecule has 6 heteroatoms. The maximum absolute atomic E-state index is 5.97. The number of ether oxygens (including phenoxy) is 1. The summed E-state index contributed by atoms with van der Waals surface area (Å²) < 4.78 is 5.97. The van der Waals surface area contributed by atoms with Gasteiger partial charge in [-0.25, -0.2) is 0 Å². The Morgan fingerprint density at radius 3 is 2.88 bits per heavy atom. The zero-order valence-corrected chi connectivity index (χ0v) is 17.2. The van der Waals surface area contributed by atoms with E-state index in [2.05, 4.69) is 51.9 Å². The average Bonchev–Trinajstić information content (AvgIpc) is 3.22. The van der Waals surface area contributed by atoms with Gasteiger partial charge in [-0.15, -0.1) is 35.3 Å². The fraction of sp³-hybridized carbons (Fsp3) is 0.389. The molecule has 0 aliphatic carbocycles. The number of halogens is 1. The third-order valence-electron chi connectivity index (χ3n) is 4.05. The molecule has 0 saturated heterocycles. The Balaban J connectivity index is 0.00000208. The molecule has 2 heterocycles. The molecule has 1 aromatic heterocycles. The molecule has 130 valence electrons. The summed E-state index contributed by atoms with van der Waals surface area (Å²) in [7, 11) is 3.90. The van der Waals surface area contributed by atoms with E-state index in [9.17, 15) is 0 Å². The minimum Gasteiger partial charge on any atom is -0.488 e. The molecule has 1 unspecified atom stereocenters. The summed E-state index contributed by atoms with van der Waals surface area (Å²) in [5.74, 6) is 1.93. The number of fused-ring (bicyclic) bond motifs is 1. The van der Waals surface area contributed by atoms with Crippen molar-refractivity contribution >= 4 is 41.3 Å². The van der Waals surface area contributed by atoms with Gasteiger partial charge in [0.2, 0.25) is 0 Å². The largest absolute Gasteiger partial charge is 0.488 e. The Labute approximate surface area is 165 Å². The van der Waals surface area contributed by atoms with Gasteiger partial charge < -0.3 is 15.0 Å². The van der Waals surface area contributed by atoms with Gasteiger partial charge >= 0.3 is 0 Å². The van der Waals surface area contributed by atoms with Gasteiger partial charge in [0.15, 0.2) is 5.96 Å². The van der Waals surface area contributed by atoms with E-state index >= 15 is 0 Å². The number of likely N-dealkylation sites (N-methyl/N-ethyl adjacent to an activating group) is 1. The van der Waals surface area contributed by atoms with Crippen LogP contribution in [-0.4, -0.2) is 44.1 Å². The van der Waals surface area contributed by atoms with Crippen molar-refractivity contribution in [3.05, 3.63) is 52.2 Å². The van der Waals surface area contributed by atoms with E-state index in [1.807, 2.05) is 19.2 Å². The Kier molecular flexibility index (Phi) is 7.36. The van der Waals surface area contributed by atoms with Crippen LogP contribution >= 0.6 is 35.3 Å². The monoisotopic (exact) mass is 457 g/mol. The van der Waals surface area contributed by atoms with Gasteiger partial charge in [0.05, 0.1) is 6.54 Å². The fourth-order valence-corrected chi connectivity index (χ4v) is 3.49. The topological polar surface area (TPSA) is 36.9 Å². The van der Waals surface area contributed by atoms with Crippen molar-refractivity contribution in [2.45, 2.75) is 18.9 Å². The van der Waals surface area contributed by atoms with Crippen molar-refractivity contribution in [2.24, 2.45) is 4.99 Å². The van der Waals surface area contributed by atoms with Gasteiger partial charge in [-0.3, -0.25) is 4.99 Å². The van der Waals surface area contributed by atoms with Crippen LogP contribution in [0.25, 0.3) is 0 Å². The average molecular weight is 457 g/mol. The molecule has 0 fully saturated rings. The Morgan fingerprint density at radius 2 is 2.17 bits per heavy atom. The van der Waals surface area contributed by atoms with Crippen LogP contribution < -0.4 is 10.1 Å². The molecule has 1 aliphatic heterocycles. The number of nitrogens with one attached hydrogen (secondary N) is 1. The molecule has 1 N–H and O–H groups in total. The van der Waals surface area contributed by atoms with Crippen molar-refractivity contribution in [1.29, 1.82) is 0 Å². The third kappa shape index (κ3) is 4.86. The zero-order chi connectivity index (χ0) is 16.1. The molecule has 3 rings (SSSR count). The second-order valence-electron chi connectivity index (χ2n) is 5.73. The molecule has 1 aliphatic rings. The molecule has 24 heavy (non-hydrogen) atoms. The maximum atomic E-state index is 5.97. The summed E-state index contributed by atoms with van der Waals surface area (Å²) in [6.45, 7) is 1.72. The first-order valence-electron chi connectivity index (χ1n) is 7.95. The van der Waals surface area contributed by atoms with Gasteiger partial charge in [-0.1, -0.05) is 24.3 Å². The molecule has 1 aromatic carbocycles. The van der Waals surface area contributed by atoms with Crippen LogP contribution in [0.1, 0.15) is 10.4 Å². The Hall–Kier alpha value is -1.28. The number of para-hydroxylation sites is 1. The molecular weight excluding hydrogens is 433 g/mol. The molecule has 0 amide bonds. The van der Waals surface area contributed by atoms with E-state index in [4.69, 9.17) is 4.74 Å². The number of rotatable bonds is 5. The highest BCUT2D eigenvalue weighted by molar-refractivity contribution is 14.0. The smallest absolute Gasteiger partial charge is 0.193 e. The highest BCUT2D eigenvalue weighted by Crippen LogP contribution is 2.27. The summed E-state index contributed by atoms with van der Waals surface area (Å²) in [5, 5.41) is 5.55. The first-order valence-corrected chi connectivity index (χ1v) is 8.83. The van der Waals surface area contributed by atoms with Gasteiger partial charge in [0.25, 0.3) is 0 Å². The van der Waals surface area contributed by atoms with Crippen molar-refractivity contribution in [3.8, 4) is 5.75 Å². The molecule has 0 radical (unpaired) electrons. The summed E-state index contributed by atoms with van der Waals surface area (Å²) in [6.07, 6.45) is 2.18. The molecule has 2 aromatic rings. The molecule has 0 bridgehead atoms. The second-order valence-corrected chi connectivity index (χ2v) is 6.76. The summed E-state index contributed by atoms with van der Waals surface area (Å²) in [6, 6.07) is 12.5. The summed E-state index contributed by atoms with van der Waals surface area (Å²) >= 11 is 1.80. The first kappa shape index (κ1) is 19.1. The highest BCUT2D eigenvalue weighted by Gasteiger charge is 2.22. The molecule has 4 nitrogen and oxygen atoms in total. The van der Waals surface area contributed by atoms with E-state index in [1.54, 1.807) is 11.3 Å². The number of benzene rings is 1. The van der Waals surface area contributed by atoms with Crippen LogP contribution in [0.3, 0.4) is 0 Å². The quantitative estimate of drug-likeness (QED) is 0.425. The van der Waals surface area contributed by atoms with Crippen LogP contribution in [0.5, 0.6) is 5.75 Å². The van der Waals surface area contributed by atoms with E-state index in [1.165, 1.54) is 10.4 Å². The third-order valence-corrected chi connectivity index (χ3v) is 4.98. The van der Waals surface area contributed by atoms with Gasteiger partial charge in [0, 0.05) is 31.9 Å². The van der Waals surface area contributed by atoms with Crippen LogP contribution in [-0.2, 0) is 12.8 Å². The lowest BCUT2D eigenvalue weighted by Gasteiger charge is -2.23. The minimum atomic E-state index is 0. The normalized spacial score (nSPS) is 16.1. The zero-order valence-electron chi connectivity index (χ0n) is 14.1. The van der Waals surface area contributed by atoms with Crippen LogP contribution in [0.2, 0.25) is 0 Å². The van der Waals surface area contributed by atoms with Crippen molar-refractivity contribution in [3.63, 3.8) is 0 Å². The van der Waals surface area contributed by atoms with Gasteiger partial charge in [0.1, 0.15) is 11.9 Å². The minimum absolute atomic E-state index is 0. The maximum Gasteiger partial charge on any atom is 0.193 e. The number of hydrogen-bond acceptors (Lipinski definition) is 3. The van der Waals surface area contributed by atoms with Crippen LogP contribution in [0.4, 0.5) is 0 Å². The first-order chi connectivity index (χ1) is 11.3. The predicted octanol–water partition coefficient (Wildman–Crippen LogP) is 3.42. The number of nitrogens with zero attached hydrogens (tertiary/aromatic N) is 2. The molecular formula is C18H24IN3OS. The number of aliphatic imine (C=N–C) groups is 1. The molecule has 0 saturated carbocycles. The molecule has 1 atom stereocenters. The number of thiophene rings is 1. The summed E-state index contributed by atoms with van der Waals surface area (Å²) in [5.41, 5.74) is 1.29. The van der Waals surface area contributed by atoms with Crippen molar-refractivity contribution < 1.29 is 4.74 Å². The predicted molar refractivity (Wildman–Crippen MR) is 112 cm³/mol. The lowest BCUT2D eigenvalue weighted by Crippen LogP contribution is -2.43. The van der Waals surface area contributed by atoms with E-state index < -0.39 is 0 Å². The highest BCUT2D eigenvalue weighted by atomic mass is 127. The van der Waals surface area contributed by atoms with Gasteiger partial charge in [-0.05, 0) is 29.5 Å². The van der Waals surface area contributed by atoms with Gasteiger partial charge in [-0.2, -0.15) is 0 Å². The van der Waals surface area contributed by atoms with Crippen molar-refractivity contribution in [2.75, 3.05) is 27.2 Å². The second kappa shape index (κ2) is 9.27. The Bertz CT molecular complexity index is 635. The lowest BCUT2D eigenvalue weighted by atomic mass is 10.1. The fourth-order valence-electron chi connectivity index (χ4n) is 2.80. The van der Waals surface area contributed by atoms with E-state index in [0.29, 0.717) is 0 Å². The number of hydrogen-bond donors (Lipinski definition) is 1. The SMILES string of the molecule is CN=C(NCC1Cc2ccccc2O1)N(C)CCc1cccs1.I. The van der Waals surface area contributed by atoms with E-state index in [0.717, 1.165) is 37.6 Å². The number of guanidine groups is 1. The summed E-state index contributed by atoms with van der Waals surface area (Å²) in [4.78, 5) is 7.95. The van der Waals surface area contributed by atoms with Crippen LogP contribution in [0, 0.1) is 0 Å². The van der Waals surface area contributed by atoms with E-state index in [-0.39, 0.29) is 30.1 Å². The molecule has 0 spiro atoms. The Morgan fingerprint density at radius 1 is 1.33 bits per heavy atom. The lowest BCUT2D eigenvalue weighted by molar-refractivity contribution is 0.233. The van der Waals surface area contributed by atoms with Crippen molar-refractivity contribution in [1.82, 2.24) is 10.2 Å². The van der Waals surface area contributed by atoms with Crippen LogP contribution in [0.15, 0.2) is 46.8 Å². The standard InChI is InChI=1S/C18H23N3OS.HI/c1-19-18(21(2)10-9-16-7-5-11-23-16)20-13-15-12-14-6-3-4-8-17(14)22-15;/h3-8,11,15H,9-10,12-13H2,1-2H3,(H,19,20);1H.